The predicted octanol–water partition coefficient (Wildman–Crippen LogP) is 4.39. The number of anilines is 1. The van der Waals surface area contributed by atoms with E-state index in [9.17, 15) is 4.79 Å². The third kappa shape index (κ3) is 6.85. The summed E-state index contributed by atoms with van der Waals surface area (Å²) in [5, 5.41) is 1.95. The first-order valence-corrected chi connectivity index (χ1v) is 11.8. The summed E-state index contributed by atoms with van der Waals surface area (Å²) in [5.74, 6) is 1.36. The first-order chi connectivity index (χ1) is 16.4. The van der Waals surface area contributed by atoms with Crippen molar-refractivity contribution < 1.29 is 4.74 Å². The van der Waals surface area contributed by atoms with Crippen LogP contribution in [-0.4, -0.2) is 65.7 Å². The van der Waals surface area contributed by atoms with E-state index in [2.05, 4.69) is 31.8 Å². The maximum Gasteiger partial charge on any atom is 0.347 e. The fourth-order valence-electron chi connectivity index (χ4n) is 3.33. The lowest BCUT2D eigenvalue weighted by Gasteiger charge is -2.21. The van der Waals surface area contributed by atoms with E-state index in [1.807, 2.05) is 74.6 Å². The van der Waals surface area contributed by atoms with Crippen molar-refractivity contribution in [1.29, 1.82) is 0 Å². The van der Waals surface area contributed by atoms with E-state index < -0.39 is 0 Å². The Morgan fingerprint density at radius 1 is 0.912 bits per heavy atom. The van der Waals surface area contributed by atoms with Crippen molar-refractivity contribution in [3.8, 4) is 5.88 Å². The number of hydrogen-bond donors (Lipinski definition) is 2. The second-order valence-corrected chi connectivity index (χ2v) is 8.62. The summed E-state index contributed by atoms with van der Waals surface area (Å²) < 4.78 is 6.11. The molecule has 9 heteroatoms. The normalized spacial score (nSPS) is 10.9. The predicted molar refractivity (Wildman–Crippen MR) is 142 cm³/mol. The maximum absolute atomic E-state index is 11.5. The highest BCUT2D eigenvalue weighted by molar-refractivity contribution is 7.71. The summed E-state index contributed by atoms with van der Waals surface area (Å²) >= 11 is 5.06. The number of nitrogens with zero attached hydrogens (tertiary/aromatic N) is 4. The molecular formula is C25H32N6O2S. The summed E-state index contributed by atoms with van der Waals surface area (Å²) in [6.45, 7) is 4.56. The van der Waals surface area contributed by atoms with Crippen molar-refractivity contribution >= 4 is 39.8 Å². The van der Waals surface area contributed by atoms with Crippen molar-refractivity contribution in [2.45, 2.75) is 19.8 Å². The SMILES string of the molecule is CCCCOc1nc(=S)[nH]c2ccccc12.CN(C)CCN(C)c1nc(=O)[nH]c2ccccc12. The van der Waals surface area contributed by atoms with Crippen molar-refractivity contribution in [3.05, 3.63) is 63.8 Å². The van der Waals surface area contributed by atoms with Gasteiger partial charge in [0.05, 0.1) is 23.0 Å². The van der Waals surface area contributed by atoms with E-state index in [1.165, 1.54) is 0 Å². The van der Waals surface area contributed by atoms with Gasteiger partial charge in [0.15, 0.2) is 0 Å². The number of rotatable bonds is 8. The molecule has 0 aliphatic rings. The lowest BCUT2D eigenvalue weighted by atomic mass is 10.2. The quantitative estimate of drug-likeness (QED) is 0.285. The number of unbranched alkanes of at least 4 members (excludes halogenated alkanes) is 1. The molecule has 0 bridgehead atoms. The molecule has 4 aromatic rings. The highest BCUT2D eigenvalue weighted by Crippen LogP contribution is 2.21. The number of benzene rings is 2. The van der Waals surface area contributed by atoms with Crippen LogP contribution in [0, 0.1) is 4.77 Å². The highest BCUT2D eigenvalue weighted by atomic mass is 32.1. The Bertz CT molecular complexity index is 1330. The van der Waals surface area contributed by atoms with Crippen LogP contribution in [-0.2, 0) is 0 Å². The molecule has 2 N–H and O–H groups in total. The first-order valence-electron chi connectivity index (χ1n) is 11.4. The van der Waals surface area contributed by atoms with Gasteiger partial charge in [-0.3, -0.25) is 0 Å². The Morgan fingerprint density at radius 3 is 2.24 bits per heavy atom. The molecule has 8 nitrogen and oxygen atoms in total. The molecule has 0 spiro atoms. The number of fused-ring (bicyclic) bond motifs is 2. The first kappa shape index (κ1) is 25.3. The van der Waals surface area contributed by atoms with E-state index in [4.69, 9.17) is 17.0 Å². The molecule has 0 unspecified atom stereocenters. The molecule has 0 fully saturated rings. The monoisotopic (exact) mass is 480 g/mol. The Labute approximate surface area is 204 Å². The van der Waals surface area contributed by atoms with Crippen molar-refractivity contribution in [3.63, 3.8) is 0 Å². The molecule has 0 saturated carbocycles. The number of aromatic nitrogens is 4. The van der Waals surface area contributed by atoms with Crippen LogP contribution in [0.2, 0.25) is 0 Å². The van der Waals surface area contributed by atoms with Crippen LogP contribution < -0.4 is 15.3 Å². The third-order valence-corrected chi connectivity index (χ3v) is 5.39. The highest BCUT2D eigenvalue weighted by Gasteiger charge is 2.09. The van der Waals surface area contributed by atoms with Gasteiger partial charge in [-0.15, -0.1) is 0 Å². The molecule has 180 valence electrons. The lowest BCUT2D eigenvalue weighted by molar-refractivity contribution is 0.301. The fourth-order valence-corrected chi connectivity index (χ4v) is 3.52. The van der Waals surface area contributed by atoms with E-state index >= 15 is 0 Å². The largest absolute Gasteiger partial charge is 0.477 e. The maximum atomic E-state index is 11.5. The molecular weight excluding hydrogens is 448 g/mol. The van der Waals surface area contributed by atoms with Gasteiger partial charge in [0.1, 0.15) is 5.82 Å². The van der Waals surface area contributed by atoms with Gasteiger partial charge < -0.3 is 24.5 Å². The minimum absolute atomic E-state index is 0.305. The molecule has 0 aliphatic heterocycles. The number of H-pyrrole nitrogens is 2. The molecule has 0 atom stereocenters. The summed E-state index contributed by atoms with van der Waals surface area (Å²) in [4.78, 5) is 29.7. The third-order valence-electron chi connectivity index (χ3n) is 5.20. The van der Waals surface area contributed by atoms with Gasteiger partial charge in [-0.05, 0) is 57.0 Å². The molecule has 4 rings (SSSR count). The minimum atomic E-state index is -0.305. The molecule has 2 aromatic heterocycles. The molecule has 0 radical (unpaired) electrons. The van der Waals surface area contributed by atoms with Gasteiger partial charge >= 0.3 is 5.69 Å². The smallest absolute Gasteiger partial charge is 0.347 e. The number of hydrogen-bond acceptors (Lipinski definition) is 7. The van der Waals surface area contributed by atoms with E-state index in [0.29, 0.717) is 17.3 Å². The summed E-state index contributed by atoms with van der Waals surface area (Å²) in [5.41, 5.74) is 1.48. The lowest BCUT2D eigenvalue weighted by Crippen LogP contribution is -2.30. The average molecular weight is 481 g/mol. The summed E-state index contributed by atoms with van der Waals surface area (Å²) in [7, 11) is 6.01. The van der Waals surface area contributed by atoms with Gasteiger partial charge in [0, 0.05) is 25.5 Å². The average Bonchev–Trinajstić information content (AvgIpc) is 2.82. The number of ether oxygens (including phenoxy) is 1. The zero-order chi connectivity index (χ0) is 24.5. The van der Waals surface area contributed by atoms with Crippen LogP contribution in [0.1, 0.15) is 19.8 Å². The molecule has 34 heavy (non-hydrogen) atoms. The van der Waals surface area contributed by atoms with Crippen LogP contribution in [0.5, 0.6) is 5.88 Å². The number of likely N-dealkylation sites (N-methyl/N-ethyl adjacent to an activating group) is 2. The standard InChI is InChI=1S/C13H18N4O.C12H14N2OS/c1-16(2)8-9-17(3)12-10-6-4-5-7-11(10)14-13(18)15-12;1-2-3-8-15-11-9-6-4-5-7-10(9)13-12(16)14-11/h4-7H,8-9H2,1-3H3,(H,14,15,18);4-7H,2-3,8H2,1H3,(H,13,14,16). The molecule has 0 aliphatic carbocycles. The van der Waals surface area contributed by atoms with E-state index in [1.54, 1.807) is 0 Å². The second kappa shape index (κ2) is 12.2. The van der Waals surface area contributed by atoms with E-state index in [0.717, 1.165) is 53.6 Å². The summed E-state index contributed by atoms with van der Waals surface area (Å²) in [6, 6.07) is 15.6. The van der Waals surface area contributed by atoms with Gasteiger partial charge in [0.2, 0.25) is 10.7 Å². The van der Waals surface area contributed by atoms with Crippen LogP contribution in [0.15, 0.2) is 53.3 Å². The Balaban J connectivity index is 0.000000192. The van der Waals surface area contributed by atoms with Crippen LogP contribution in [0.3, 0.4) is 0 Å². The van der Waals surface area contributed by atoms with Gasteiger partial charge in [-0.2, -0.15) is 9.97 Å². The molecule has 0 saturated heterocycles. The number of para-hydroxylation sites is 2. The number of aromatic amines is 2. The molecule has 2 aromatic carbocycles. The van der Waals surface area contributed by atoms with Crippen LogP contribution in [0.4, 0.5) is 5.82 Å². The van der Waals surface area contributed by atoms with Crippen LogP contribution >= 0.6 is 12.2 Å². The Hall–Kier alpha value is -3.30. The van der Waals surface area contributed by atoms with Crippen molar-refractivity contribution in [1.82, 2.24) is 24.8 Å². The van der Waals surface area contributed by atoms with Crippen molar-refractivity contribution in [2.75, 3.05) is 45.7 Å². The second-order valence-electron chi connectivity index (χ2n) is 8.23. The zero-order valence-electron chi connectivity index (χ0n) is 20.2. The van der Waals surface area contributed by atoms with Gasteiger partial charge in [-0.25, -0.2) is 4.79 Å². The fraction of sp³-hybridized carbons (Fsp3) is 0.360. The number of nitrogens with one attached hydrogen (secondary N) is 2. The topological polar surface area (TPSA) is 90.1 Å². The minimum Gasteiger partial charge on any atom is -0.477 e. The van der Waals surface area contributed by atoms with Crippen LogP contribution in [0.25, 0.3) is 21.8 Å². The van der Waals surface area contributed by atoms with Crippen molar-refractivity contribution in [2.24, 2.45) is 0 Å². The van der Waals surface area contributed by atoms with E-state index in [-0.39, 0.29) is 5.69 Å². The van der Waals surface area contributed by atoms with Gasteiger partial charge in [0.25, 0.3) is 0 Å². The molecule has 0 amide bonds. The molecule has 2 heterocycles. The zero-order valence-corrected chi connectivity index (χ0v) is 21.0. The van der Waals surface area contributed by atoms with Gasteiger partial charge in [-0.1, -0.05) is 37.6 Å². The Morgan fingerprint density at radius 2 is 1.56 bits per heavy atom. The summed E-state index contributed by atoms with van der Waals surface area (Å²) in [6.07, 6.45) is 2.14. The Kier molecular flexibility index (Phi) is 9.12.